The third kappa shape index (κ3) is 3.09. The first kappa shape index (κ1) is 17.8. The minimum Gasteiger partial charge on any atom is -0.495 e. The molecular formula is C18H25N3O3. The van der Waals surface area contributed by atoms with Gasteiger partial charge in [0.05, 0.1) is 18.5 Å². The molecule has 1 heterocycles. The third-order valence-electron chi connectivity index (χ3n) is 4.08. The lowest BCUT2D eigenvalue weighted by atomic mass is 10.0. The molecule has 2 rings (SSSR count). The summed E-state index contributed by atoms with van der Waals surface area (Å²) in [5.74, 6) is 0.521. The van der Waals surface area contributed by atoms with Gasteiger partial charge in [-0.25, -0.2) is 4.79 Å². The summed E-state index contributed by atoms with van der Waals surface area (Å²) in [7, 11) is 3.46. The number of nitrogens with zero attached hydrogens (tertiary/aromatic N) is 3. The Morgan fingerprint density at radius 3 is 2.33 bits per heavy atom. The summed E-state index contributed by atoms with van der Waals surface area (Å²) >= 11 is 0. The number of anilines is 1. The summed E-state index contributed by atoms with van der Waals surface area (Å²) in [6.45, 7) is 9.52. The standard InChI is InChI=1S/C18H25N3O3/c1-11-16(12(2)20(6)19-11)13-8-9-14(15(10-13)24-7)21(17(22)23)18(3,4)5/h8-10H,1-7H3,(H,22,23). The van der Waals surface area contributed by atoms with Gasteiger partial charge < -0.3 is 9.84 Å². The van der Waals surface area contributed by atoms with Crippen LogP contribution in [0, 0.1) is 13.8 Å². The molecule has 0 saturated carbocycles. The number of aryl methyl sites for hydroxylation is 2. The number of hydrogen-bond acceptors (Lipinski definition) is 3. The van der Waals surface area contributed by atoms with E-state index in [9.17, 15) is 9.90 Å². The second-order valence-electron chi connectivity index (χ2n) is 6.84. The molecule has 0 radical (unpaired) electrons. The third-order valence-corrected chi connectivity index (χ3v) is 4.08. The summed E-state index contributed by atoms with van der Waals surface area (Å²) in [5.41, 5.74) is 3.92. The first-order valence-corrected chi connectivity index (χ1v) is 7.79. The smallest absolute Gasteiger partial charge is 0.412 e. The number of rotatable bonds is 3. The highest BCUT2D eigenvalue weighted by molar-refractivity contribution is 5.90. The van der Waals surface area contributed by atoms with Crippen molar-refractivity contribution < 1.29 is 14.6 Å². The van der Waals surface area contributed by atoms with E-state index in [0.29, 0.717) is 11.4 Å². The number of carbonyl (C=O) groups is 1. The van der Waals surface area contributed by atoms with Crippen LogP contribution < -0.4 is 9.64 Å². The molecule has 1 aromatic heterocycles. The molecule has 0 spiro atoms. The highest BCUT2D eigenvalue weighted by Gasteiger charge is 2.30. The zero-order chi connectivity index (χ0) is 18.2. The molecule has 0 fully saturated rings. The summed E-state index contributed by atoms with van der Waals surface area (Å²) in [6, 6.07) is 5.57. The van der Waals surface area contributed by atoms with Crippen molar-refractivity contribution in [1.29, 1.82) is 0 Å². The normalized spacial score (nSPS) is 11.5. The number of amides is 1. The lowest BCUT2D eigenvalue weighted by Crippen LogP contribution is -2.45. The largest absolute Gasteiger partial charge is 0.495 e. The highest BCUT2D eigenvalue weighted by Crippen LogP contribution is 2.38. The number of aromatic nitrogens is 2. The Balaban J connectivity index is 2.62. The van der Waals surface area contributed by atoms with E-state index in [0.717, 1.165) is 22.5 Å². The van der Waals surface area contributed by atoms with E-state index >= 15 is 0 Å². The molecule has 130 valence electrons. The van der Waals surface area contributed by atoms with Gasteiger partial charge in [-0.3, -0.25) is 9.58 Å². The fourth-order valence-electron chi connectivity index (χ4n) is 2.96. The molecule has 6 heteroatoms. The molecule has 0 aliphatic rings. The first-order chi connectivity index (χ1) is 11.1. The average molecular weight is 331 g/mol. The van der Waals surface area contributed by atoms with Crippen LogP contribution in [0.1, 0.15) is 32.2 Å². The first-order valence-electron chi connectivity index (χ1n) is 7.79. The Bertz CT molecular complexity index is 773. The van der Waals surface area contributed by atoms with E-state index < -0.39 is 11.6 Å². The van der Waals surface area contributed by atoms with Gasteiger partial charge >= 0.3 is 6.09 Å². The van der Waals surface area contributed by atoms with Gasteiger partial charge in [-0.2, -0.15) is 5.10 Å². The van der Waals surface area contributed by atoms with Crippen LogP contribution >= 0.6 is 0 Å². The number of ether oxygens (including phenoxy) is 1. The minimum absolute atomic E-state index is 0.521. The molecule has 0 atom stereocenters. The molecule has 2 aromatic rings. The van der Waals surface area contributed by atoms with Gasteiger partial charge in [0.1, 0.15) is 5.75 Å². The predicted molar refractivity (Wildman–Crippen MR) is 94.9 cm³/mol. The second-order valence-corrected chi connectivity index (χ2v) is 6.84. The number of hydrogen-bond donors (Lipinski definition) is 1. The Labute approximate surface area is 142 Å². The Hall–Kier alpha value is -2.50. The van der Waals surface area contributed by atoms with E-state index in [-0.39, 0.29) is 0 Å². The lowest BCUT2D eigenvalue weighted by Gasteiger charge is -2.34. The van der Waals surface area contributed by atoms with Gasteiger partial charge in [0, 0.05) is 23.8 Å². The van der Waals surface area contributed by atoms with Crippen molar-refractivity contribution in [2.24, 2.45) is 7.05 Å². The zero-order valence-corrected chi connectivity index (χ0v) is 15.3. The average Bonchev–Trinajstić information content (AvgIpc) is 2.71. The van der Waals surface area contributed by atoms with Crippen LogP contribution in [-0.2, 0) is 7.05 Å². The van der Waals surface area contributed by atoms with Crippen LogP contribution in [-0.4, -0.2) is 33.6 Å². The van der Waals surface area contributed by atoms with Crippen LogP contribution in [0.2, 0.25) is 0 Å². The van der Waals surface area contributed by atoms with Crippen LogP contribution in [0.3, 0.4) is 0 Å². The highest BCUT2D eigenvalue weighted by atomic mass is 16.5. The van der Waals surface area contributed by atoms with Crippen molar-refractivity contribution in [1.82, 2.24) is 9.78 Å². The molecule has 0 aliphatic carbocycles. The molecule has 0 bridgehead atoms. The van der Waals surface area contributed by atoms with Crippen LogP contribution in [0.4, 0.5) is 10.5 Å². The quantitative estimate of drug-likeness (QED) is 0.923. The van der Waals surface area contributed by atoms with Crippen LogP contribution in [0.5, 0.6) is 5.75 Å². The van der Waals surface area contributed by atoms with E-state index in [4.69, 9.17) is 4.74 Å². The number of methoxy groups -OCH3 is 1. The molecule has 0 unspecified atom stereocenters. The van der Waals surface area contributed by atoms with Crippen molar-refractivity contribution in [3.8, 4) is 16.9 Å². The van der Waals surface area contributed by atoms with Gasteiger partial charge in [-0.15, -0.1) is 0 Å². The van der Waals surface area contributed by atoms with Crippen molar-refractivity contribution in [3.63, 3.8) is 0 Å². The van der Waals surface area contributed by atoms with Crippen molar-refractivity contribution in [2.75, 3.05) is 12.0 Å². The van der Waals surface area contributed by atoms with Crippen molar-refractivity contribution in [3.05, 3.63) is 29.6 Å². The second kappa shape index (κ2) is 6.19. The lowest BCUT2D eigenvalue weighted by molar-refractivity contribution is 0.195. The number of benzene rings is 1. The van der Waals surface area contributed by atoms with Crippen LogP contribution in [0.15, 0.2) is 18.2 Å². The van der Waals surface area contributed by atoms with E-state index in [2.05, 4.69) is 5.10 Å². The SMILES string of the molecule is COc1cc(-c2c(C)nn(C)c2C)ccc1N(C(=O)O)C(C)(C)C. The monoisotopic (exact) mass is 331 g/mol. The van der Waals surface area contributed by atoms with Gasteiger partial charge in [0.25, 0.3) is 0 Å². The molecule has 1 amide bonds. The van der Waals surface area contributed by atoms with Gasteiger partial charge in [0.15, 0.2) is 0 Å². The van der Waals surface area contributed by atoms with Gasteiger partial charge in [-0.05, 0) is 52.3 Å². The molecule has 0 aliphatic heterocycles. The molecule has 6 nitrogen and oxygen atoms in total. The van der Waals surface area contributed by atoms with E-state index in [1.807, 2.05) is 58.5 Å². The predicted octanol–water partition coefficient (Wildman–Crippen LogP) is 4.00. The molecule has 24 heavy (non-hydrogen) atoms. The van der Waals surface area contributed by atoms with Crippen LogP contribution in [0.25, 0.3) is 11.1 Å². The Morgan fingerprint density at radius 1 is 1.29 bits per heavy atom. The van der Waals surface area contributed by atoms with Crippen molar-refractivity contribution in [2.45, 2.75) is 40.2 Å². The van der Waals surface area contributed by atoms with Crippen molar-refractivity contribution >= 4 is 11.8 Å². The molecule has 1 aromatic carbocycles. The summed E-state index contributed by atoms with van der Waals surface area (Å²) in [4.78, 5) is 13.1. The summed E-state index contributed by atoms with van der Waals surface area (Å²) < 4.78 is 7.33. The maximum absolute atomic E-state index is 11.7. The molecule has 1 N–H and O–H groups in total. The Kier molecular flexibility index (Phi) is 4.60. The summed E-state index contributed by atoms with van der Waals surface area (Å²) in [5, 5.41) is 14.1. The molecule has 0 saturated heterocycles. The maximum Gasteiger partial charge on any atom is 0.412 e. The fraction of sp³-hybridized carbons (Fsp3) is 0.444. The Morgan fingerprint density at radius 2 is 1.92 bits per heavy atom. The number of carboxylic acid groups (broad SMARTS) is 1. The van der Waals surface area contributed by atoms with Gasteiger partial charge in [-0.1, -0.05) is 6.07 Å². The molecular weight excluding hydrogens is 306 g/mol. The summed E-state index contributed by atoms with van der Waals surface area (Å²) in [6.07, 6.45) is -1.01. The van der Waals surface area contributed by atoms with E-state index in [1.165, 1.54) is 4.90 Å². The fourth-order valence-corrected chi connectivity index (χ4v) is 2.96. The minimum atomic E-state index is -1.01. The zero-order valence-electron chi connectivity index (χ0n) is 15.3. The van der Waals surface area contributed by atoms with E-state index in [1.54, 1.807) is 13.2 Å². The van der Waals surface area contributed by atoms with Gasteiger partial charge in [0.2, 0.25) is 0 Å². The topological polar surface area (TPSA) is 67.6 Å². The maximum atomic E-state index is 11.7.